The molecule has 1 saturated carbocycles. The lowest BCUT2D eigenvalue weighted by atomic mass is 10.3. The fraction of sp³-hybridized carbons (Fsp3) is 0.308. The molecule has 0 radical (unpaired) electrons. The number of aromatic hydroxyl groups is 1. The standard InChI is InChI=1S/C13H14N8O2/c1-14-11-18-9-6(4-8-10(22)19-13(23)17-8)5-15-21(9)12(20-11)16-7-2-3-7/h4-5,7,22H,2-3H2,1H3,(H,14,16,20)(H2,17,19,23)/b6-4-. The van der Waals surface area contributed by atoms with Crippen molar-refractivity contribution in [3.63, 3.8) is 0 Å². The van der Waals surface area contributed by atoms with Gasteiger partial charge in [0.15, 0.2) is 5.65 Å². The molecule has 1 aliphatic rings. The van der Waals surface area contributed by atoms with E-state index in [2.05, 4.69) is 35.3 Å². The monoisotopic (exact) mass is 314 g/mol. The summed E-state index contributed by atoms with van der Waals surface area (Å²) in [6, 6.07) is 0.291. The van der Waals surface area contributed by atoms with E-state index in [-0.39, 0.29) is 11.6 Å². The van der Waals surface area contributed by atoms with Crippen molar-refractivity contribution in [1.82, 2.24) is 29.5 Å². The quantitative estimate of drug-likeness (QED) is 0.464. The molecule has 0 atom stereocenters. The minimum Gasteiger partial charge on any atom is -0.493 e. The van der Waals surface area contributed by atoms with Gasteiger partial charge in [0.2, 0.25) is 11.8 Å². The first-order chi connectivity index (χ1) is 11.1. The molecule has 0 saturated heterocycles. The van der Waals surface area contributed by atoms with Gasteiger partial charge in [-0.1, -0.05) is 0 Å². The van der Waals surface area contributed by atoms with Crippen molar-refractivity contribution in [3.05, 3.63) is 33.2 Å². The van der Waals surface area contributed by atoms with E-state index in [1.807, 2.05) is 0 Å². The number of anilines is 1. The number of nitrogens with zero attached hydrogens (tertiary/aromatic N) is 5. The Bertz CT molecular complexity index is 1060. The van der Waals surface area contributed by atoms with Crippen LogP contribution in [-0.2, 0) is 0 Å². The maximum Gasteiger partial charge on any atom is 0.326 e. The van der Waals surface area contributed by atoms with Gasteiger partial charge in [-0.2, -0.15) is 19.6 Å². The van der Waals surface area contributed by atoms with Crippen LogP contribution in [0.1, 0.15) is 18.5 Å². The summed E-state index contributed by atoms with van der Waals surface area (Å²) in [6.07, 6.45) is 5.28. The van der Waals surface area contributed by atoms with Gasteiger partial charge < -0.3 is 15.4 Å². The Kier molecular flexibility index (Phi) is 2.89. The van der Waals surface area contributed by atoms with E-state index >= 15 is 0 Å². The molecule has 3 aromatic heterocycles. The van der Waals surface area contributed by atoms with Gasteiger partial charge in [-0.25, -0.2) is 9.79 Å². The number of nitrogens with one attached hydrogen (secondary N) is 3. The third-order valence-electron chi connectivity index (χ3n) is 3.48. The SMILES string of the molecule is CNc1nc(=NC2CC2)n2nc/c(=C/c3[nH]c(=O)[nH]c3O)c2n1. The van der Waals surface area contributed by atoms with Crippen LogP contribution in [0.2, 0.25) is 0 Å². The minimum atomic E-state index is -0.486. The number of fused-ring (bicyclic) bond motifs is 1. The van der Waals surface area contributed by atoms with Crippen LogP contribution >= 0.6 is 0 Å². The lowest BCUT2D eigenvalue weighted by Gasteiger charge is -1.99. The second kappa shape index (κ2) is 4.93. The molecule has 0 amide bonds. The van der Waals surface area contributed by atoms with E-state index in [0.717, 1.165) is 12.8 Å². The highest BCUT2D eigenvalue weighted by molar-refractivity contribution is 5.56. The third kappa shape index (κ3) is 2.43. The van der Waals surface area contributed by atoms with Crippen LogP contribution in [0.5, 0.6) is 5.88 Å². The van der Waals surface area contributed by atoms with Crippen LogP contribution in [-0.4, -0.2) is 47.7 Å². The summed E-state index contributed by atoms with van der Waals surface area (Å²) >= 11 is 0. The van der Waals surface area contributed by atoms with Crippen LogP contribution in [0.15, 0.2) is 16.0 Å². The molecule has 1 fully saturated rings. The van der Waals surface area contributed by atoms with Crippen molar-refractivity contribution < 1.29 is 5.11 Å². The molecule has 0 unspecified atom stereocenters. The fourth-order valence-electron chi connectivity index (χ4n) is 2.19. The first kappa shape index (κ1) is 13.5. The maximum atomic E-state index is 11.2. The topological polar surface area (TPSA) is 136 Å². The second-order valence-electron chi connectivity index (χ2n) is 5.28. The molecule has 3 heterocycles. The molecule has 0 aromatic carbocycles. The summed E-state index contributed by atoms with van der Waals surface area (Å²) in [6.45, 7) is 0. The highest BCUT2D eigenvalue weighted by Gasteiger charge is 2.20. The van der Waals surface area contributed by atoms with Gasteiger partial charge in [0.1, 0.15) is 5.69 Å². The number of aromatic nitrogens is 6. The summed E-state index contributed by atoms with van der Waals surface area (Å²) in [5.74, 6) is 0.193. The van der Waals surface area contributed by atoms with Crippen molar-refractivity contribution >= 4 is 17.7 Å². The Balaban J connectivity index is 1.98. The van der Waals surface area contributed by atoms with Gasteiger partial charge in [0, 0.05) is 12.3 Å². The average molecular weight is 314 g/mol. The van der Waals surface area contributed by atoms with E-state index in [1.165, 1.54) is 0 Å². The predicted octanol–water partition coefficient (Wildman–Crippen LogP) is -1.50. The van der Waals surface area contributed by atoms with Gasteiger partial charge in [-0.15, -0.1) is 0 Å². The highest BCUT2D eigenvalue weighted by atomic mass is 16.3. The van der Waals surface area contributed by atoms with E-state index in [0.29, 0.717) is 28.5 Å². The number of imidazole rings is 1. The summed E-state index contributed by atoms with van der Waals surface area (Å²) < 4.78 is 1.55. The Morgan fingerprint density at radius 2 is 2.26 bits per heavy atom. The Hall–Kier alpha value is -3.17. The van der Waals surface area contributed by atoms with E-state index in [1.54, 1.807) is 23.8 Å². The zero-order valence-electron chi connectivity index (χ0n) is 12.2. The Morgan fingerprint density at radius 1 is 1.43 bits per heavy atom. The second-order valence-corrected chi connectivity index (χ2v) is 5.28. The van der Waals surface area contributed by atoms with E-state index in [4.69, 9.17) is 0 Å². The van der Waals surface area contributed by atoms with Gasteiger partial charge >= 0.3 is 5.69 Å². The Morgan fingerprint density at radius 3 is 2.91 bits per heavy atom. The molecule has 0 spiro atoms. The fourth-order valence-corrected chi connectivity index (χ4v) is 2.19. The number of aromatic amines is 2. The molecular formula is C13H14N8O2. The minimum absolute atomic E-state index is 0.236. The van der Waals surface area contributed by atoms with Gasteiger partial charge in [0.25, 0.3) is 5.62 Å². The first-order valence-corrected chi connectivity index (χ1v) is 7.14. The van der Waals surface area contributed by atoms with Crippen LogP contribution < -0.4 is 21.8 Å². The lowest BCUT2D eigenvalue weighted by Crippen LogP contribution is -2.24. The maximum absolute atomic E-state index is 11.2. The van der Waals surface area contributed by atoms with Gasteiger partial charge in [-0.3, -0.25) is 4.98 Å². The van der Waals surface area contributed by atoms with Crippen LogP contribution in [0.4, 0.5) is 5.95 Å². The van der Waals surface area contributed by atoms with E-state index in [9.17, 15) is 9.90 Å². The molecule has 10 heteroatoms. The molecule has 0 bridgehead atoms. The number of rotatable bonds is 3. The summed E-state index contributed by atoms with van der Waals surface area (Å²) in [4.78, 5) is 29.2. The normalized spacial score (nSPS) is 16.4. The van der Waals surface area contributed by atoms with Gasteiger partial charge in [0.05, 0.1) is 12.2 Å². The predicted molar refractivity (Wildman–Crippen MR) is 80.8 cm³/mol. The lowest BCUT2D eigenvalue weighted by molar-refractivity contribution is 0.454. The summed E-state index contributed by atoms with van der Waals surface area (Å²) in [5.41, 5.74) is 0.786. The van der Waals surface area contributed by atoms with Crippen LogP contribution in [0.3, 0.4) is 0 Å². The summed E-state index contributed by atoms with van der Waals surface area (Å²) in [7, 11) is 1.72. The van der Waals surface area contributed by atoms with Crippen LogP contribution in [0.25, 0.3) is 11.7 Å². The zero-order chi connectivity index (χ0) is 16.0. The largest absolute Gasteiger partial charge is 0.493 e. The van der Waals surface area contributed by atoms with Crippen molar-refractivity contribution in [2.45, 2.75) is 18.9 Å². The third-order valence-corrected chi connectivity index (χ3v) is 3.48. The molecule has 0 aliphatic heterocycles. The zero-order valence-corrected chi connectivity index (χ0v) is 12.2. The molecule has 118 valence electrons. The molecular weight excluding hydrogens is 300 g/mol. The molecule has 1 aliphatic carbocycles. The van der Waals surface area contributed by atoms with E-state index < -0.39 is 5.69 Å². The highest BCUT2D eigenvalue weighted by Crippen LogP contribution is 2.22. The average Bonchev–Trinajstić information content (AvgIpc) is 3.16. The molecule has 4 rings (SSSR count). The first-order valence-electron chi connectivity index (χ1n) is 7.14. The Labute approximate surface area is 128 Å². The molecule has 23 heavy (non-hydrogen) atoms. The molecule has 10 nitrogen and oxygen atoms in total. The van der Waals surface area contributed by atoms with Crippen LogP contribution in [0, 0.1) is 0 Å². The number of hydrogen-bond donors (Lipinski definition) is 4. The van der Waals surface area contributed by atoms with Crippen molar-refractivity contribution in [1.29, 1.82) is 0 Å². The smallest absolute Gasteiger partial charge is 0.326 e. The van der Waals surface area contributed by atoms with Crippen molar-refractivity contribution in [3.8, 4) is 5.88 Å². The molecule has 3 aromatic rings. The molecule has 4 N–H and O–H groups in total. The van der Waals surface area contributed by atoms with Crippen molar-refractivity contribution in [2.75, 3.05) is 12.4 Å². The number of H-pyrrole nitrogens is 2. The van der Waals surface area contributed by atoms with Gasteiger partial charge in [-0.05, 0) is 18.9 Å². The van der Waals surface area contributed by atoms with Crippen molar-refractivity contribution in [2.24, 2.45) is 4.99 Å². The summed E-state index contributed by atoms with van der Waals surface area (Å²) in [5, 5.41) is 17.5. The number of hydrogen-bond acceptors (Lipinski definition) is 7.